The highest BCUT2D eigenvalue weighted by atomic mass is 35.5. The van der Waals surface area contributed by atoms with Gasteiger partial charge in [-0.05, 0) is 30.5 Å². The number of hydrogen-bond acceptors (Lipinski definition) is 6. The van der Waals surface area contributed by atoms with Crippen molar-refractivity contribution < 1.29 is 9.53 Å². The number of hydrogen-bond donors (Lipinski definition) is 1. The van der Waals surface area contributed by atoms with Gasteiger partial charge in [0.2, 0.25) is 5.91 Å². The van der Waals surface area contributed by atoms with Gasteiger partial charge in [-0.25, -0.2) is 9.97 Å². The van der Waals surface area contributed by atoms with Crippen LogP contribution in [0.15, 0.2) is 41.0 Å². The van der Waals surface area contributed by atoms with Crippen LogP contribution in [0.2, 0.25) is 5.02 Å². The summed E-state index contributed by atoms with van der Waals surface area (Å²) in [6.07, 6.45) is 3.79. The molecule has 0 radical (unpaired) electrons. The lowest BCUT2D eigenvalue weighted by molar-refractivity contribution is -0.119. The lowest BCUT2D eigenvalue weighted by Gasteiger charge is -2.10. The molecule has 1 N–H and O–H groups in total. The molecular weight excluding hydrogens is 402 g/mol. The van der Waals surface area contributed by atoms with E-state index in [-0.39, 0.29) is 12.0 Å². The van der Waals surface area contributed by atoms with Crippen molar-refractivity contribution in [2.45, 2.75) is 24.0 Å². The summed E-state index contributed by atoms with van der Waals surface area (Å²) in [7, 11) is 0. The maximum Gasteiger partial charge on any atom is 0.230 e. The zero-order valence-electron chi connectivity index (χ0n) is 14.5. The SMILES string of the molecule is O=C(CSc1ncnc2scc(-c3ccc(Cl)cc3)c12)NCC1CCCO1. The molecule has 1 aliphatic heterocycles. The summed E-state index contributed by atoms with van der Waals surface area (Å²) in [6, 6.07) is 7.71. The summed E-state index contributed by atoms with van der Waals surface area (Å²) < 4.78 is 5.54. The monoisotopic (exact) mass is 419 g/mol. The van der Waals surface area contributed by atoms with Crippen LogP contribution in [0.1, 0.15) is 12.8 Å². The third-order valence-electron chi connectivity index (χ3n) is 4.38. The number of halogens is 1. The summed E-state index contributed by atoms with van der Waals surface area (Å²) >= 11 is 9.01. The van der Waals surface area contributed by atoms with E-state index < -0.39 is 0 Å². The quantitative estimate of drug-likeness (QED) is 0.474. The number of carbonyl (C=O) groups excluding carboxylic acids is 1. The van der Waals surface area contributed by atoms with Crippen molar-refractivity contribution in [2.24, 2.45) is 0 Å². The van der Waals surface area contributed by atoms with Crippen molar-refractivity contribution in [1.82, 2.24) is 15.3 Å². The summed E-state index contributed by atoms with van der Waals surface area (Å²) in [5.74, 6) is 0.305. The van der Waals surface area contributed by atoms with Gasteiger partial charge in [0, 0.05) is 29.1 Å². The minimum Gasteiger partial charge on any atom is -0.376 e. The van der Waals surface area contributed by atoms with Crippen molar-refractivity contribution in [3.63, 3.8) is 0 Å². The largest absolute Gasteiger partial charge is 0.376 e. The first kappa shape index (κ1) is 18.7. The molecule has 1 amide bonds. The van der Waals surface area contributed by atoms with Crippen LogP contribution in [0, 0.1) is 0 Å². The number of thioether (sulfide) groups is 1. The Balaban J connectivity index is 1.49. The summed E-state index contributed by atoms with van der Waals surface area (Å²) in [6.45, 7) is 1.37. The Morgan fingerprint density at radius 3 is 2.96 bits per heavy atom. The van der Waals surface area contributed by atoms with Crippen LogP contribution in [-0.2, 0) is 9.53 Å². The van der Waals surface area contributed by atoms with E-state index in [1.165, 1.54) is 11.8 Å². The Kier molecular flexibility index (Phi) is 5.92. The highest BCUT2D eigenvalue weighted by Gasteiger charge is 2.17. The molecule has 4 rings (SSSR count). The number of benzene rings is 1. The van der Waals surface area contributed by atoms with Gasteiger partial charge in [0.05, 0.1) is 17.2 Å². The number of thiophene rings is 1. The average Bonchev–Trinajstić information content (AvgIpc) is 3.35. The Hall–Kier alpha value is -1.67. The zero-order valence-corrected chi connectivity index (χ0v) is 16.9. The predicted molar refractivity (Wildman–Crippen MR) is 111 cm³/mol. The fourth-order valence-corrected chi connectivity index (χ4v) is 4.97. The van der Waals surface area contributed by atoms with Gasteiger partial charge in [0.15, 0.2) is 0 Å². The maximum absolute atomic E-state index is 12.2. The molecular formula is C19H18ClN3O2S2. The van der Waals surface area contributed by atoms with Gasteiger partial charge in [-0.2, -0.15) is 0 Å². The molecule has 1 atom stereocenters. The lowest BCUT2D eigenvalue weighted by atomic mass is 10.1. The maximum atomic E-state index is 12.2. The third kappa shape index (κ3) is 4.43. The van der Waals surface area contributed by atoms with Gasteiger partial charge >= 0.3 is 0 Å². The van der Waals surface area contributed by atoms with Crippen LogP contribution in [-0.4, -0.2) is 40.9 Å². The topological polar surface area (TPSA) is 64.1 Å². The van der Waals surface area contributed by atoms with E-state index in [2.05, 4.69) is 20.7 Å². The fraction of sp³-hybridized carbons (Fsp3) is 0.316. The number of amides is 1. The van der Waals surface area contributed by atoms with E-state index in [9.17, 15) is 4.79 Å². The molecule has 8 heteroatoms. The van der Waals surface area contributed by atoms with Crippen LogP contribution in [0.3, 0.4) is 0 Å². The van der Waals surface area contributed by atoms with E-state index in [1.807, 2.05) is 24.3 Å². The first-order chi connectivity index (χ1) is 13.2. The minimum absolute atomic E-state index is 0.00876. The zero-order chi connectivity index (χ0) is 18.6. The highest BCUT2D eigenvalue weighted by molar-refractivity contribution is 8.00. The summed E-state index contributed by atoms with van der Waals surface area (Å²) in [4.78, 5) is 21.9. The Morgan fingerprint density at radius 2 is 2.19 bits per heavy atom. The van der Waals surface area contributed by atoms with Gasteiger partial charge < -0.3 is 10.1 Å². The second-order valence-corrected chi connectivity index (χ2v) is 8.50. The molecule has 0 spiro atoms. The van der Waals surface area contributed by atoms with Crippen molar-refractivity contribution in [2.75, 3.05) is 18.9 Å². The van der Waals surface area contributed by atoms with E-state index in [0.29, 0.717) is 17.3 Å². The molecule has 1 aliphatic rings. The van der Waals surface area contributed by atoms with Crippen molar-refractivity contribution >= 4 is 50.8 Å². The van der Waals surface area contributed by atoms with Crippen LogP contribution < -0.4 is 5.32 Å². The Labute approximate surface area is 170 Å². The normalized spacial score (nSPS) is 16.7. The lowest BCUT2D eigenvalue weighted by Crippen LogP contribution is -2.32. The molecule has 3 aromatic rings. The molecule has 0 saturated carbocycles. The van der Waals surface area contributed by atoms with Crippen molar-refractivity contribution in [1.29, 1.82) is 0 Å². The third-order valence-corrected chi connectivity index (χ3v) is 6.51. The standard InChI is InChI=1S/C19H18ClN3O2S2/c20-13-5-3-12(4-6-13)15-9-26-18-17(15)19(23-11-22-18)27-10-16(24)21-8-14-2-1-7-25-14/h3-6,9,11,14H,1-2,7-8,10H2,(H,21,24). The first-order valence-corrected chi connectivity index (χ1v) is 10.9. The minimum atomic E-state index is -0.00876. The number of aromatic nitrogens is 2. The van der Waals surface area contributed by atoms with Gasteiger partial charge in [0.1, 0.15) is 16.2 Å². The molecule has 0 bridgehead atoms. The van der Waals surface area contributed by atoms with Crippen LogP contribution in [0.5, 0.6) is 0 Å². The molecule has 5 nitrogen and oxygen atoms in total. The van der Waals surface area contributed by atoms with Crippen molar-refractivity contribution in [3.8, 4) is 11.1 Å². The summed E-state index contributed by atoms with van der Waals surface area (Å²) in [5, 5.41) is 7.53. The van der Waals surface area contributed by atoms with E-state index in [0.717, 1.165) is 45.8 Å². The second kappa shape index (κ2) is 8.56. The van der Waals surface area contributed by atoms with Crippen LogP contribution in [0.4, 0.5) is 0 Å². The highest BCUT2D eigenvalue weighted by Crippen LogP contribution is 2.38. The second-order valence-electron chi connectivity index (χ2n) is 6.24. The van der Waals surface area contributed by atoms with Crippen molar-refractivity contribution in [3.05, 3.63) is 41.0 Å². The average molecular weight is 420 g/mol. The Bertz CT molecular complexity index is 940. The summed E-state index contributed by atoms with van der Waals surface area (Å²) in [5.41, 5.74) is 2.12. The predicted octanol–water partition coefficient (Wildman–Crippen LogP) is 4.40. The number of carbonyl (C=O) groups is 1. The van der Waals surface area contributed by atoms with E-state index in [1.54, 1.807) is 17.7 Å². The van der Waals surface area contributed by atoms with E-state index in [4.69, 9.17) is 16.3 Å². The molecule has 1 aromatic carbocycles. The fourth-order valence-electron chi connectivity index (χ4n) is 3.02. The number of ether oxygens (including phenoxy) is 1. The molecule has 1 fully saturated rings. The molecule has 1 unspecified atom stereocenters. The molecule has 3 heterocycles. The number of fused-ring (bicyclic) bond motifs is 1. The van der Waals surface area contributed by atoms with Gasteiger partial charge in [0.25, 0.3) is 0 Å². The molecule has 140 valence electrons. The van der Waals surface area contributed by atoms with Gasteiger partial charge in [-0.3, -0.25) is 4.79 Å². The van der Waals surface area contributed by atoms with Crippen LogP contribution in [0.25, 0.3) is 21.3 Å². The first-order valence-electron chi connectivity index (χ1n) is 8.70. The van der Waals surface area contributed by atoms with E-state index >= 15 is 0 Å². The molecule has 27 heavy (non-hydrogen) atoms. The number of nitrogens with one attached hydrogen (secondary N) is 1. The number of nitrogens with zero attached hydrogens (tertiary/aromatic N) is 2. The smallest absolute Gasteiger partial charge is 0.230 e. The number of rotatable bonds is 6. The molecule has 1 saturated heterocycles. The van der Waals surface area contributed by atoms with Gasteiger partial charge in [-0.15, -0.1) is 11.3 Å². The molecule has 2 aromatic heterocycles. The van der Waals surface area contributed by atoms with Crippen LogP contribution >= 0.6 is 34.7 Å². The Morgan fingerprint density at radius 1 is 1.33 bits per heavy atom. The van der Waals surface area contributed by atoms with Gasteiger partial charge in [-0.1, -0.05) is 35.5 Å². The molecule has 0 aliphatic carbocycles.